The summed E-state index contributed by atoms with van der Waals surface area (Å²) in [6.45, 7) is 0.371. The third-order valence-electron chi connectivity index (χ3n) is 3.22. The molecule has 0 amide bonds. The fourth-order valence-corrected chi connectivity index (χ4v) is 2.38. The van der Waals surface area contributed by atoms with Crippen molar-refractivity contribution in [1.29, 1.82) is 0 Å². The van der Waals surface area contributed by atoms with Gasteiger partial charge in [-0.3, -0.25) is 0 Å². The molecule has 118 valence electrons. The van der Waals surface area contributed by atoms with E-state index in [-0.39, 0.29) is 4.84 Å². The maximum absolute atomic E-state index is 5.88. The van der Waals surface area contributed by atoms with Crippen molar-refractivity contribution in [3.63, 3.8) is 0 Å². The lowest BCUT2D eigenvalue weighted by atomic mass is 10.2. The molecule has 0 bridgehead atoms. The molecule has 5 nitrogen and oxygen atoms in total. The molecule has 7 heteroatoms. The van der Waals surface area contributed by atoms with Crippen LogP contribution in [0.4, 0.5) is 5.69 Å². The van der Waals surface area contributed by atoms with Gasteiger partial charge in [0.2, 0.25) is 5.89 Å². The number of rotatable bonds is 5. The number of anilines is 1. The third kappa shape index (κ3) is 3.55. The number of hydrogen-bond donors (Lipinski definition) is 1. The number of methoxy groups -OCH3 is 1. The van der Waals surface area contributed by atoms with E-state index >= 15 is 0 Å². The van der Waals surface area contributed by atoms with E-state index < -0.39 is 0 Å². The zero-order chi connectivity index (χ0) is 16.2. The maximum atomic E-state index is 5.88. The van der Waals surface area contributed by atoms with E-state index in [2.05, 4.69) is 10.4 Å². The van der Waals surface area contributed by atoms with Gasteiger partial charge < -0.3 is 14.5 Å². The molecule has 3 rings (SSSR count). The number of aromatic nitrogens is 2. The smallest absolute Gasteiger partial charge is 0.289 e. The second-order valence-corrected chi connectivity index (χ2v) is 5.50. The van der Waals surface area contributed by atoms with Gasteiger partial charge in [0, 0.05) is 10.6 Å². The van der Waals surface area contributed by atoms with Crippen LogP contribution in [0.3, 0.4) is 0 Å². The van der Waals surface area contributed by atoms with Gasteiger partial charge in [0.15, 0.2) is 0 Å². The van der Waals surface area contributed by atoms with Crippen LogP contribution in [0.25, 0.3) is 11.5 Å². The molecule has 0 unspecified atom stereocenters. The highest BCUT2D eigenvalue weighted by atomic mass is 35.5. The van der Waals surface area contributed by atoms with E-state index in [1.165, 1.54) is 0 Å². The number of benzene rings is 2. The van der Waals surface area contributed by atoms with Crippen LogP contribution in [0.1, 0.15) is 0 Å². The molecule has 0 aliphatic heterocycles. The zero-order valence-corrected chi connectivity index (χ0v) is 13.9. The van der Waals surface area contributed by atoms with Crippen LogP contribution in [0, 0.1) is 4.84 Å². The molecule has 0 aliphatic rings. The summed E-state index contributed by atoms with van der Waals surface area (Å²) < 4.78 is 12.4. The fourth-order valence-electron chi connectivity index (χ4n) is 2.07. The number of halogens is 1. The summed E-state index contributed by atoms with van der Waals surface area (Å²) in [6, 6.07) is 14.9. The molecule has 0 spiro atoms. The van der Waals surface area contributed by atoms with Crippen LogP contribution >= 0.6 is 23.8 Å². The lowest BCUT2D eigenvalue weighted by Gasteiger charge is -2.10. The molecule has 2 aromatic carbocycles. The summed E-state index contributed by atoms with van der Waals surface area (Å²) in [7, 11) is 1.63. The SMILES string of the molecule is COc1ccccc1NCn1nc(-c2ccc(Cl)cc2)oc1=S. The highest BCUT2D eigenvalue weighted by Gasteiger charge is 2.09. The fraction of sp³-hybridized carbons (Fsp3) is 0.125. The van der Waals surface area contributed by atoms with Crippen molar-refractivity contribution in [2.24, 2.45) is 0 Å². The number of ether oxygens (including phenoxy) is 1. The van der Waals surface area contributed by atoms with Gasteiger partial charge in [-0.15, -0.1) is 5.10 Å². The highest BCUT2D eigenvalue weighted by Crippen LogP contribution is 2.24. The van der Waals surface area contributed by atoms with Crippen molar-refractivity contribution in [2.75, 3.05) is 12.4 Å². The van der Waals surface area contributed by atoms with Crippen LogP contribution in [-0.2, 0) is 6.67 Å². The molecule has 0 aliphatic carbocycles. The first kappa shape index (κ1) is 15.6. The summed E-state index contributed by atoms with van der Waals surface area (Å²) in [6.07, 6.45) is 0. The van der Waals surface area contributed by atoms with Gasteiger partial charge in [-0.25, -0.2) is 4.68 Å². The monoisotopic (exact) mass is 347 g/mol. The molecule has 0 radical (unpaired) electrons. The van der Waals surface area contributed by atoms with Crippen LogP contribution in [0.15, 0.2) is 52.9 Å². The molecule has 3 aromatic rings. The number of nitrogens with one attached hydrogen (secondary N) is 1. The predicted octanol–water partition coefficient (Wildman–Crippen LogP) is 4.60. The number of para-hydroxylation sites is 2. The van der Waals surface area contributed by atoms with Crippen molar-refractivity contribution in [3.8, 4) is 17.2 Å². The van der Waals surface area contributed by atoms with E-state index in [1.807, 2.05) is 36.4 Å². The van der Waals surface area contributed by atoms with Crippen LogP contribution in [0.2, 0.25) is 5.02 Å². The van der Waals surface area contributed by atoms with Gasteiger partial charge in [-0.05, 0) is 48.6 Å². The average Bonchev–Trinajstić information content (AvgIpc) is 2.94. The van der Waals surface area contributed by atoms with Crippen molar-refractivity contribution >= 4 is 29.5 Å². The van der Waals surface area contributed by atoms with Gasteiger partial charge in [-0.2, -0.15) is 0 Å². The normalized spacial score (nSPS) is 10.5. The lowest BCUT2D eigenvalue weighted by molar-refractivity contribution is 0.415. The molecule has 1 aromatic heterocycles. The molecular weight excluding hydrogens is 334 g/mol. The van der Waals surface area contributed by atoms with Gasteiger partial charge in [0.1, 0.15) is 12.4 Å². The van der Waals surface area contributed by atoms with E-state index in [0.717, 1.165) is 17.0 Å². The lowest BCUT2D eigenvalue weighted by Crippen LogP contribution is -2.10. The standard InChI is InChI=1S/C16H14ClN3O2S/c1-21-14-5-3-2-4-13(14)18-10-20-16(23)22-15(19-20)11-6-8-12(17)9-7-11/h2-9,18H,10H2,1H3. The van der Waals surface area contributed by atoms with Crippen molar-refractivity contribution < 1.29 is 9.15 Å². The van der Waals surface area contributed by atoms with Crippen LogP contribution in [0.5, 0.6) is 5.75 Å². The summed E-state index contributed by atoms with van der Waals surface area (Å²) in [5, 5.41) is 8.26. The van der Waals surface area contributed by atoms with Crippen molar-refractivity contribution in [2.45, 2.75) is 6.67 Å². The van der Waals surface area contributed by atoms with E-state index in [0.29, 0.717) is 17.6 Å². The van der Waals surface area contributed by atoms with Crippen LogP contribution in [-0.4, -0.2) is 16.9 Å². The Morgan fingerprint density at radius 3 is 2.70 bits per heavy atom. The molecule has 0 atom stereocenters. The Labute approximate surface area is 143 Å². The average molecular weight is 348 g/mol. The van der Waals surface area contributed by atoms with E-state index in [4.69, 9.17) is 33.0 Å². The maximum Gasteiger partial charge on any atom is 0.289 e. The third-order valence-corrected chi connectivity index (χ3v) is 3.77. The van der Waals surface area contributed by atoms with Crippen LogP contribution < -0.4 is 10.1 Å². The Morgan fingerprint density at radius 1 is 1.22 bits per heavy atom. The molecular formula is C16H14ClN3O2S. The molecule has 0 fully saturated rings. The largest absolute Gasteiger partial charge is 0.495 e. The summed E-state index contributed by atoms with van der Waals surface area (Å²) in [4.78, 5) is 0.289. The molecule has 0 saturated heterocycles. The minimum absolute atomic E-state index is 0.289. The minimum Gasteiger partial charge on any atom is -0.495 e. The Hall–Kier alpha value is -2.31. The minimum atomic E-state index is 0.289. The molecule has 1 heterocycles. The first-order chi connectivity index (χ1) is 11.2. The van der Waals surface area contributed by atoms with Crippen molar-refractivity contribution in [3.05, 3.63) is 58.4 Å². The molecule has 1 N–H and O–H groups in total. The number of nitrogens with zero attached hydrogens (tertiary/aromatic N) is 2. The highest BCUT2D eigenvalue weighted by molar-refractivity contribution is 7.71. The van der Waals surface area contributed by atoms with Gasteiger partial charge in [0.25, 0.3) is 4.84 Å². The summed E-state index contributed by atoms with van der Waals surface area (Å²) in [5.41, 5.74) is 1.67. The second kappa shape index (κ2) is 6.85. The van der Waals surface area contributed by atoms with Crippen molar-refractivity contribution in [1.82, 2.24) is 9.78 Å². The molecule has 23 heavy (non-hydrogen) atoms. The van der Waals surface area contributed by atoms with Gasteiger partial charge >= 0.3 is 0 Å². The Morgan fingerprint density at radius 2 is 1.96 bits per heavy atom. The van der Waals surface area contributed by atoms with Gasteiger partial charge in [0.05, 0.1) is 12.8 Å². The Balaban J connectivity index is 1.79. The molecule has 0 saturated carbocycles. The van der Waals surface area contributed by atoms with Gasteiger partial charge in [-0.1, -0.05) is 23.7 Å². The Kier molecular flexibility index (Phi) is 4.64. The Bertz CT molecular complexity index is 858. The summed E-state index contributed by atoms with van der Waals surface area (Å²) >= 11 is 11.1. The second-order valence-electron chi connectivity index (χ2n) is 4.71. The quantitative estimate of drug-likeness (QED) is 0.683. The van der Waals surface area contributed by atoms with E-state index in [1.54, 1.807) is 23.9 Å². The zero-order valence-electron chi connectivity index (χ0n) is 12.3. The first-order valence-electron chi connectivity index (χ1n) is 6.88. The number of hydrogen-bond acceptors (Lipinski definition) is 5. The predicted molar refractivity (Wildman–Crippen MR) is 92.4 cm³/mol. The topological polar surface area (TPSA) is 52.2 Å². The summed E-state index contributed by atoms with van der Waals surface area (Å²) in [5.74, 6) is 1.20. The van der Waals surface area contributed by atoms with E-state index in [9.17, 15) is 0 Å². The first-order valence-corrected chi connectivity index (χ1v) is 7.67.